The molecule has 0 saturated carbocycles. The highest BCUT2D eigenvalue weighted by Gasteiger charge is 2.46. The molecule has 1 N–H and O–H groups in total. The number of likely N-dealkylation sites (tertiary alicyclic amines) is 1. The summed E-state index contributed by atoms with van der Waals surface area (Å²) < 4.78 is 19.4. The number of hydrogen-bond acceptors (Lipinski definition) is 5. The second kappa shape index (κ2) is 11.0. The lowest BCUT2D eigenvalue weighted by Gasteiger charge is -2.25. The molecule has 2 aromatic carbocycles. The molecule has 4 rings (SSSR count). The van der Waals surface area contributed by atoms with Gasteiger partial charge in [-0.2, -0.15) is 0 Å². The van der Waals surface area contributed by atoms with Gasteiger partial charge in [0.1, 0.15) is 17.3 Å². The van der Waals surface area contributed by atoms with Gasteiger partial charge in [-0.05, 0) is 60.0 Å². The third-order valence-corrected chi connectivity index (χ3v) is 5.95. The highest BCUT2D eigenvalue weighted by Crippen LogP contribution is 2.40. The van der Waals surface area contributed by atoms with E-state index < -0.39 is 23.5 Å². The quantitative estimate of drug-likeness (QED) is 0.194. The molecule has 6 nitrogen and oxygen atoms in total. The van der Waals surface area contributed by atoms with Gasteiger partial charge in [-0.15, -0.1) is 0 Å². The Bertz CT molecular complexity index is 1210. The molecule has 0 spiro atoms. The van der Waals surface area contributed by atoms with Crippen LogP contribution in [0.3, 0.4) is 0 Å². The summed E-state index contributed by atoms with van der Waals surface area (Å²) in [6.45, 7) is 2.84. The molecule has 0 bridgehead atoms. The predicted octanol–water partition coefficient (Wildman–Crippen LogP) is 5.41. The van der Waals surface area contributed by atoms with E-state index in [1.807, 2.05) is 0 Å². The largest absolute Gasteiger partial charge is 0.507 e. The van der Waals surface area contributed by atoms with Crippen LogP contribution < -0.4 is 4.74 Å². The normalized spacial score (nSPS) is 17.1. The van der Waals surface area contributed by atoms with E-state index in [9.17, 15) is 19.1 Å². The average Bonchev–Trinajstić information content (AvgIpc) is 3.12. The number of carbonyl (C=O) groups is 2. The minimum atomic E-state index is -0.874. The van der Waals surface area contributed by atoms with Crippen LogP contribution in [0.25, 0.3) is 5.76 Å². The number of amides is 1. The number of halogens is 1. The van der Waals surface area contributed by atoms with Crippen LogP contribution in [-0.4, -0.2) is 33.3 Å². The maximum atomic E-state index is 13.6. The third-order valence-electron chi connectivity index (χ3n) is 5.95. The zero-order valence-corrected chi connectivity index (χ0v) is 19.5. The zero-order chi connectivity index (χ0) is 24.8. The lowest BCUT2D eigenvalue weighted by molar-refractivity contribution is -0.140. The van der Waals surface area contributed by atoms with Crippen molar-refractivity contribution in [1.29, 1.82) is 0 Å². The Balaban J connectivity index is 1.69. The number of carbonyl (C=O) groups excluding carboxylic acids is 2. The average molecular weight is 475 g/mol. The number of aliphatic hydroxyl groups is 1. The van der Waals surface area contributed by atoms with Crippen LogP contribution in [0, 0.1) is 5.82 Å². The molecule has 35 heavy (non-hydrogen) atoms. The van der Waals surface area contributed by atoms with Crippen LogP contribution in [0.1, 0.15) is 48.9 Å². The molecule has 1 unspecified atom stereocenters. The summed E-state index contributed by atoms with van der Waals surface area (Å²) >= 11 is 0. The summed E-state index contributed by atoms with van der Waals surface area (Å²) in [5, 5.41) is 11.2. The van der Waals surface area contributed by atoms with Gasteiger partial charge in [-0.25, -0.2) is 4.39 Å². The van der Waals surface area contributed by atoms with Gasteiger partial charge < -0.3 is 14.7 Å². The Morgan fingerprint density at radius 3 is 2.46 bits per heavy atom. The summed E-state index contributed by atoms with van der Waals surface area (Å²) in [4.78, 5) is 31.6. The van der Waals surface area contributed by atoms with Crippen LogP contribution in [0.4, 0.5) is 4.39 Å². The van der Waals surface area contributed by atoms with Crippen molar-refractivity contribution >= 4 is 17.4 Å². The molecule has 0 radical (unpaired) electrons. The highest BCUT2D eigenvalue weighted by molar-refractivity contribution is 6.46. The summed E-state index contributed by atoms with van der Waals surface area (Å²) in [6, 6.07) is 15.0. The monoisotopic (exact) mass is 474 g/mol. The van der Waals surface area contributed by atoms with Gasteiger partial charge in [0.25, 0.3) is 11.7 Å². The number of pyridine rings is 1. The maximum absolute atomic E-state index is 13.6. The molecule has 1 fully saturated rings. The van der Waals surface area contributed by atoms with Crippen molar-refractivity contribution in [2.45, 2.75) is 38.8 Å². The van der Waals surface area contributed by atoms with Gasteiger partial charge in [0.2, 0.25) is 0 Å². The molecule has 1 atom stereocenters. The lowest BCUT2D eigenvalue weighted by Crippen LogP contribution is -2.29. The van der Waals surface area contributed by atoms with Gasteiger partial charge in [0, 0.05) is 24.5 Å². The number of nitrogens with zero attached hydrogens (tertiary/aromatic N) is 2. The lowest BCUT2D eigenvalue weighted by atomic mass is 9.95. The Kier molecular flexibility index (Phi) is 7.55. The standard InChI is InChI=1S/C28H27FN2O4/c1-2-3-4-16-35-23-13-9-21(10-14-23)26(32)24-25(20-7-11-22(29)12-8-20)31(28(34)27(24)33)18-19-6-5-15-30-17-19/h5-15,17,25,32H,2-4,16,18H2,1H3/b26-24+. The number of aromatic nitrogens is 1. The Morgan fingerprint density at radius 2 is 1.80 bits per heavy atom. The first-order valence-electron chi connectivity index (χ1n) is 11.7. The van der Waals surface area contributed by atoms with E-state index in [1.165, 1.54) is 29.2 Å². The van der Waals surface area contributed by atoms with Crippen molar-refractivity contribution in [3.05, 3.63) is 101 Å². The van der Waals surface area contributed by atoms with Crippen LogP contribution in [0.5, 0.6) is 5.75 Å². The van der Waals surface area contributed by atoms with Crippen LogP contribution in [0.2, 0.25) is 0 Å². The van der Waals surface area contributed by atoms with Crippen molar-refractivity contribution < 1.29 is 23.8 Å². The Hall–Kier alpha value is -4.00. The molecule has 1 aliphatic heterocycles. The van der Waals surface area contributed by atoms with E-state index in [2.05, 4.69) is 11.9 Å². The van der Waals surface area contributed by atoms with E-state index in [0.717, 1.165) is 24.8 Å². The van der Waals surface area contributed by atoms with Crippen LogP contribution >= 0.6 is 0 Å². The Morgan fingerprint density at radius 1 is 1.06 bits per heavy atom. The zero-order valence-electron chi connectivity index (χ0n) is 19.5. The Labute approximate surface area is 203 Å². The molecule has 1 aliphatic rings. The van der Waals surface area contributed by atoms with E-state index >= 15 is 0 Å². The number of ketones is 1. The first-order valence-corrected chi connectivity index (χ1v) is 11.7. The molecule has 1 amide bonds. The summed E-state index contributed by atoms with van der Waals surface area (Å²) in [5.41, 5.74) is 1.59. The minimum absolute atomic E-state index is 0.0397. The number of unbranched alkanes of at least 4 members (excludes halogenated alkanes) is 2. The molecule has 7 heteroatoms. The smallest absolute Gasteiger partial charge is 0.295 e. The molecule has 0 aliphatic carbocycles. The van der Waals surface area contributed by atoms with Crippen molar-refractivity contribution in [1.82, 2.24) is 9.88 Å². The van der Waals surface area contributed by atoms with Crippen LogP contribution in [-0.2, 0) is 16.1 Å². The minimum Gasteiger partial charge on any atom is -0.507 e. The number of benzene rings is 2. The van der Waals surface area contributed by atoms with E-state index in [1.54, 1.807) is 48.8 Å². The van der Waals surface area contributed by atoms with E-state index in [4.69, 9.17) is 4.74 Å². The van der Waals surface area contributed by atoms with Gasteiger partial charge in [0.15, 0.2) is 0 Å². The van der Waals surface area contributed by atoms with Gasteiger partial charge in [-0.1, -0.05) is 38.0 Å². The molecule has 1 aromatic heterocycles. The summed E-state index contributed by atoms with van der Waals surface area (Å²) in [6.07, 6.45) is 6.37. The molecule has 2 heterocycles. The summed E-state index contributed by atoms with van der Waals surface area (Å²) in [5.74, 6) is -1.60. The molecule has 1 saturated heterocycles. The first kappa shape index (κ1) is 24.1. The number of ether oxygens (including phenoxy) is 1. The second-order valence-electron chi connectivity index (χ2n) is 8.42. The van der Waals surface area contributed by atoms with Gasteiger partial charge >= 0.3 is 0 Å². The van der Waals surface area contributed by atoms with E-state index in [-0.39, 0.29) is 17.9 Å². The molecular weight excluding hydrogens is 447 g/mol. The van der Waals surface area contributed by atoms with E-state index in [0.29, 0.717) is 23.5 Å². The topological polar surface area (TPSA) is 79.7 Å². The fourth-order valence-electron chi connectivity index (χ4n) is 4.13. The fraction of sp³-hybridized carbons (Fsp3) is 0.250. The van der Waals surface area contributed by atoms with Gasteiger partial charge in [0.05, 0.1) is 18.2 Å². The highest BCUT2D eigenvalue weighted by atomic mass is 19.1. The van der Waals surface area contributed by atoms with Crippen molar-refractivity contribution in [3.8, 4) is 5.75 Å². The molecule has 180 valence electrons. The third kappa shape index (κ3) is 5.40. The maximum Gasteiger partial charge on any atom is 0.295 e. The number of rotatable bonds is 9. The predicted molar refractivity (Wildman–Crippen MR) is 130 cm³/mol. The van der Waals surface area contributed by atoms with Crippen molar-refractivity contribution in [2.75, 3.05) is 6.61 Å². The first-order chi connectivity index (χ1) is 17.0. The van der Waals surface area contributed by atoms with Crippen molar-refractivity contribution in [2.24, 2.45) is 0 Å². The van der Waals surface area contributed by atoms with Crippen molar-refractivity contribution in [3.63, 3.8) is 0 Å². The fourth-order valence-corrected chi connectivity index (χ4v) is 4.13. The number of hydrogen-bond donors (Lipinski definition) is 1. The SMILES string of the molecule is CCCCCOc1ccc(/C(O)=C2\C(=O)C(=O)N(Cc3cccnc3)C2c2ccc(F)cc2)cc1. The molecule has 3 aromatic rings. The number of aliphatic hydroxyl groups excluding tert-OH is 1. The molecular formula is C28H27FN2O4. The number of Topliss-reactive ketones (excluding diaryl/α,β-unsaturated/α-hetero) is 1. The van der Waals surface area contributed by atoms with Gasteiger partial charge in [-0.3, -0.25) is 14.6 Å². The second-order valence-corrected chi connectivity index (χ2v) is 8.42. The van der Waals surface area contributed by atoms with Crippen LogP contribution in [0.15, 0.2) is 78.6 Å². The summed E-state index contributed by atoms with van der Waals surface area (Å²) in [7, 11) is 0.